The molecule has 0 rings (SSSR count). The van der Waals surface area contributed by atoms with Crippen molar-refractivity contribution < 1.29 is 0 Å². The van der Waals surface area contributed by atoms with Crippen LogP contribution in [0.3, 0.4) is 0 Å². The summed E-state index contributed by atoms with van der Waals surface area (Å²) >= 11 is 0. The maximum Gasteiger partial charge on any atom is -0.00519 e. The molecule has 0 spiro atoms. The van der Waals surface area contributed by atoms with E-state index < -0.39 is 0 Å². The Morgan fingerprint density at radius 1 is 0.633 bits per heavy atom. The Balaban J connectivity index is 4.57. The van der Waals surface area contributed by atoms with Gasteiger partial charge in [0.25, 0.3) is 0 Å². The summed E-state index contributed by atoms with van der Waals surface area (Å²) in [4.78, 5) is 0. The molecule has 0 fully saturated rings. The van der Waals surface area contributed by atoms with E-state index in [0.29, 0.717) is 0 Å². The Hall–Kier alpha value is -0.0400. The van der Waals surface area contributed by atoms with Gasteiger partial charge in [-0.2, -0.15) is 0 Å². The van der Waals surface area contributed by atoms with Crippen molar-refractivity contribution in [2.24, 2.45) is 47.3 Å². The van der Waals surface area contributed by atoms with E-state index in [4.69, 9.17) is 0 Å². The summed E-state index contributed by atoms with van der Waals surface area (Å²) in [6.45, 7) is 23.4. The molecule has 0 aliphatic carbocycles. The molecule has 30 heavy (non-hydrogen) atoms. The van der Waals surface area contributed by atoms with Crippen molar-refractivity contribution in [3.63, 3.8) is 0 Å². The lowest BCUT2D eigenvalue weighted by molar-refractivity contribution is 0.155. The largest absolute Gasteiger partial charge is 0.320 e. The molecule has 1 heteroatoms. The van der Waals surface area contributed by atoms with Gasteiger partial charge in [-0.15, -0.1) is 0 Å². The predicted molar refractivity (Wildman–Crippen MR) is 139 cm³/mol. The molecule has 0 radical (unpaired) electrons. The average molecular weight is 424 g/mol. The highest BCUT2D eigenvalue weighted by molar-refractivity contribution is 4.77. The number of unbranched alkanes of at least 4 members (excludes halogenated alkanes) is 1. The monoisotopic (exact) mass is 423 g/mol. The summed E-state index contributed by atoms with van der Waals surface area (Å²) in [6.07, 6.45) is 14.0. The van der Waals surface area contributed by atoms with Crippen LogP contribution in [0.1, 0.15) is 127 Å². The molecule has 0 amide bonds. The van der Waals surface area contributed by atoms with Gasteiger partial charge in [0.15, 0.2) is 0 Å². The van der Waals surface area contributed by atoms with Crippen LogP contribution in [-0.2, 0) is 0 Å². The molecule has 0 aromatic carbocycles. The zero-order chi connectivity index (χ0) is 23.1. The number of hydrogen-bond acceptors (Lipinski definition) is 1. The van der Waals surface area contributed by atoms with Gasteiger partial charge in [0.2, 0.25) is 0 Å². The van der Waals surface area contributed by atoms with E-state index >= 15 is 0 Å². The summed E-state index contributed by atoms with van der Waals surface area (Å²) < 4.78 is 0. The molecular weight excluding hydrogens is 362 g/mol. The molecule has 0 aliphatic rings. The van der Waals surface area contributed by atoms with Crippen LogP contribution < -0.4 is 5.32 Å². The summed E-state index contributed by atoms with van der Waals surface area (Å²) in [6, 6.07) is 0. The Kier molecular flexibility index (Phi) is 17.5. The molecule has 1 N–H and O–H groups in total. The molecular formula is C29H61N. The zero-order valence-corrected chi connectivity index (χ0v) is 22.9. The second kappa shape index (κ2) is 17.5. The lowest BCUT2D eigenvalue weighted by Crippen LogP contribution is -2.26. The molecule has 182 valence electrons. The van der Waals surface area contributed by atoms with Crippen LogP contribution in [0.25, 0.3) is 0 Å². The van der Waals surface area contributed by atoms with E-state index in [1.807, 2.05) is 0 Å². The van der Waals surface area contributed by atoms with Gasteiger partial charge in [0.05, 0.1) is 0 Å². The van der Waals surface area contributed by atoms with Crippen molar-refractivity contribution in [3.8, 4) is 0 Å². The third-order valence-electron chi connectivity index (χ3n) is 8.50. The van der Waals surface area contributed by atoms with E-state index in [2.05, 4.69) is 74.7 Å². The second-order valence-electron chi connectivity index (χ2n) is 11.5. The average Bonchev–Trinajstić information content (AvgIpc) is 2.71. The Labute approximate surface area is 193 Å². The van der Waals surface area contributed by atoms with E-state index in [1.165, 1.54) is 70.8 Å². The second-order valence-corrected chi connectivity index (χ2v) is 11.5. The van der Waals surface area contributed by atoms with Crippen molar-refractivity contribution in [3.05, 3.63) is 0 Å². The fourth-order valence-electron chi connectivity index (χ4n) is 5.75. The first-order valence-corrected chi connectivity index (χ1v) is 13.8. The number of nitrogens with one attached hydrogen (secondary N) is 1. The van der Waals surface area contributed by atoms with Crippen LogP contribution in [0.5, 0.6) is 0 Å². The first kappa shape index (κ1) is 30.0. The minimum absolute atomic E-state index is 0.834. The molecule has 0 saturated carbocycles. The first-order chi connectivity index (χ1) is 14.2. The lowest BCUT2D eigenvalue weighted by atomic mass is 9.71. The molecule has 0 heterocycles. The van der Waals surface area contributed by atoms with E-state index in [-0.39, 0.29) is 0 Å². The Bertz CT molecular complexity index is 377. The van der Waals surface area contributed by atoms with Crippen molar-refractivity contribution >= 4 is 0 Å². The van der Waals surface area contributed by atoms with Gasteiger partial charge >= 0.3 is 0 Å². The molecule has 0 bridgehead atoms. The maximum absolute atomic E-state index is 3.29. The van der Waals surface area contributed by atoms with E-state index in [9.17, 15) is 0 Å². The van der Waals surface area contributed by atoms with Gasteiger partial charge in [-0.3, -0.25) is 0 Å². The van der Waals surface area contributed by atoms with Crippen molar-refractivity contribution in [2.75, 3.05) is 13.6 Å². The van der Waals surface area contributed by atoms with Crippen LogP contribution in [0.15, 0.2) is 0 Å². The SMILES string of the molecule is CCCC(CCC(C)C(C)C(C)C(C)CC(CC)C(C)CCCCNC)CC(C)C. The van der Waals surface area contributed by atoms with Gasteiger partial charge in [0.1, 0.15) is 0 Å². The molecule has 1 nitrogen and oxygen atoms in total. The van der Waals surface area contributed by atoms with Gasteiger partial charge in [-0.25, -0.2) is 0 Å². The summed E-state index contributed by atoms with van der Waals surface area (Å²) in [5.41, 5.74) is 0. The zero-order valence-electron chi connectivity index (χ0n) is 22.9. The standard InChI is InChI=1S/C29H61N/c1-11-15-28(20-22(3)4)18-17-23(5)26(8)27(9)25(7)21-29(12-2)24(6)16-13-14-19-30-10/h22-30H,11-21H2,1-10H3. The quantitative estimate of drug-likeness (QED) is 0.204. The minimum Gasteiger partial charge on any atom is -0.320 e. The normalized spacial score (nSPS) is 19.3. The summed E-state index contributed by atoms with van der Waals surface area (Å²) in [7, 11) is 2.07. The van der Waals surface area contributed by atoms with Crippen molar-refractivity contribution in [2.45, 2.75) is 127 Å². The van der Waals surface area contributed by atoms with Gasteiger partial charge in [0, 0.05) is 0 Å². The molecule has 7 atom stereocenters. The predicted octanol–water partition coefficient (Wildman–Crippen LogP) is 9.22. The number of rotatable bonds is 19. The van der Waals surface area contributed by atoms with Crippen LogP contribution in [0.4, 0.5) is 0 Å². The highest BCUT2D eigenvalue weighted by Crippen LogP contribution is 2.37. The summed E-state index contributed by atoms with van der Waals surface area (Å²) in [5.74, 6) is 6.94. The third-order valence-corrected chi connectivity index (χ3v) is 8.50. The first-order valence-electron chi connectivity index (χ1n) is 13.8. The minimum atomic E-state index is 0.834. The highest BCUT2D eigenvalue weighted by atomic mass is 14.8. The Morgan fingerprint density at radius 2 is 1.27 bits per heavy atom. The molecule has 0 aromatic rings. The molecule has 0 aliphatic heterocycles. The fourth-order valence-corrected chi connectivity index (χ4v) is 5.75. The van der Waals surface area contributed by atoms with Crippen LogP contribution in [0, 0.1) is 47.3 Å². The van der Waals surface area contributed by atoms with Crippen LogP contribution >= 0.6 is 0 Å². The van der Waals surface area contributed by atoms with Gasteiger partial charge in [-0.05, 0) is 80.2 Å². The van der Waals surface area contributed by atoms with Crippen LogP contribution in [0.2, 0.25) is 0 Å². The number of hydrogen-bond donors (Lipinski definition) is 1. The van der Waals surface area contributed by atoms with Crippen LogP contribution in [-0.4, -0.2) is 13.6 Å². The smallest absolute Gasteiger partial charge is 0.00519 e. The molecule has 0 saturated heterocycles. The molecule has 0 aromatic heterocycles. The maximum atomic E-state index is 3.29. The topological polar surface area (TPSA) is 12.0 Å². The van der Waals surface area contributed by atoms with E-state index in [1.54, 1.807) is 0 Å². The Morgan fingerprint density at radius 3 is 1.80 bits per heavy atom. The van der Waals surface area contributed by atoms with Gasteiger partial charge < -0.3 is 5.32 Å². The van der Waals surface area contributed by atoms with Crippen molar-refractivity contribution in [1.29, 1.82) is 0 Å². The van der Waals surface area contributed by atoms with Crippen molar-refractivity contribution in [1.82, 2.24) is 5.32 Å². The van der Waals surface area contributed by atoms with Gasteiger partial charge in [-0.1, -0.05) is 107 Å². The fraction of sp³-hybridized carbons (Fsp3) is 1.00. The summed E-state index contributed by atoms with van der Waals surface area (Å²) in [5, 5.41) is 3.29. The lowest BCUT2D eigenvalue weighted by Gasteiger charge is -2.34. The third kappa shape index (κ3) is 12.7. The highest BCUT2D eigenvalue weighted by Gasteiger charge is 2.27. The molecule has 7 unspecified atom stereocenters. The van der Waals surface area contributed by atoms with E-state index in [0.717, 1.165) is 47.3 Å².